The fourth-order valence-electron chi connectivity index (χ4n) is 3.91. The van der Waals surface area contributed by atoms with Crippen LogP contribution in [0.2, 0.25) is 0 Å². The van der Waals surface area contributed by atoms with Crippen LogP contribution in [-0.2, 0) is 9.53 Å². The Kier molecular flexibility index (Phi) is 5.80. The van der Waals surface area contributed by atoms with Crippen LogP contribution >= 0.6 is 0 Å². The third-order valence-electron chi connectivity index (χ3n) is 5.51. The van der Waals surface area contributed by atoms with Crippen LogP contribution in [0.4, 0.5) is 23.1 Å². The summed E-state index contributed by atoms with van der Waals surface area (Å²) in [4.78, 5) is 24.9. The molecule has 2 aliphatic heterocycles. The Morgan fingerprint density at radius 2 is 1.83 bits per heavy atom. The minimum absolute atomic E-state index is 0.257. The summed E-state index contributed by atoms with van der Waals surface area (Å²) < 4.78 is 5.47. The summed E-state index contributed by atoms with van der Waals surface area (Å²) in [6.07, 6.45) is 1.28. The molecule has 2 saturated heterocycles. The number of piperidine rings is 1. The molecule has 154 valence electrons. The molecular formula is C21H27N5O3. The number of para-hydroxylation sites is 2. The van der Waals surface area contributed by atoms with E-state index in [0.29, 0.717) is 31.9 Å². The summed E-state index contributed by atoms with van der Waals surface area (Å²) in [6.45, 7) is 6.51. The van der Waals surface area contributed by atoms with E-state index in [1.807, 2.05) is 31.2 Å². The standard InChI is InChI=1S/C21H27N5O3/c1-15-14-19(26-8-6-16(7-9-26)20(27)28)24-21(22-15)23-17-4-2-3-5-18(17)25-10-12-29-13-11-25/h2-5,14,16H,6-13H2,1H3,(H,27,28)(H,22,23,24). The van der Waals surface area contributed by atoms with Crippen LogP contribution in [-0.4, -0.2) is 60.4 Å². The molecule has 0 bridgehead atoms. The number of aromatic nitrogens is 2. The zero-order valence-corrected chi connectivity index (χ0v) is 16.7. The number of carbonyl (C=O) groups is 1. The zero-order chi connectivity index (χ0) is 20.2. The maximum atomic E-state index is 11.2. The number of benzene rings is 1. The normalized spacial score (nSPS) is 18.0. The molecule has 0 unspecified atom stereocenters. The molecule has 2 fully saturated rings. The molecule has 0 saturated carbocycles. The molecule has 2 N–H and O–H groups in total. The number of rotatable bonds is 5. The molecule has 8 heteroatoms. The van der Waals surface area contributed by atoms with Gasteiger partial charge in [-0.3, -0.25) is 4.79 Å². The van der Waals surface area contributed by atoms with Gasteiger partial charge in [-0.25, -0.2) is 4.98 Å². The number of nitrogens with one attached hydrogen (secondary N) is 1. The summed E-state index contributed by atoms with van der Waals surface area (Å²) in [6, 6.07) is 10.1. The van der Waals surface area contributed by atoms with Crippen molar-refractivity contribution in [2.75, 3.05) is 54.5 Å². The summed E-state index contributed by atoms with van der Waals surface area (Å²) in [5.74, 6) is 0.437. The molecule has 0 atom stereocenters. The first kappa shape index (κ1) is 19.4. The zero-order valence-electron chi connectivity index (χ0n) is 16.7. The molecule has 0 radical (unpaired) electrons. The lowest BCUT2D eigenvalue weighted by Crippen LogP contribution is -2.37. The molecular weight excluding hydrogens is 370 g/mol. The summed E-state index contributed by atoms with van der Waals surface area (Å²) in [7, 11) is 0. The number of aliphatic carboxylic acids is 1. The van der Waals surface area contributed by atoms with Crippen molar-refractivity contribution in [3.63, 3.8) is 0 Å². The van der Waals surface area contributed by atoms with Crippen LogP contribution in [0.5, 0.6) is 0 Å². The highest BCUT2D eigenvalue weighted by molar-refractivity contribution is 5.74. The average Bonchev–Trinajstić information content (AvgIpc) is 2.74. The van der Waals surface area contributed by atoms with Crippen molar-refractivity contribution in [3.05, 3.63) is 36.0 Å². The monoisotopic (exact) mass is 397 g/mol. The van der Waals surface area contributed by atoms with E-state index < -0.39 is 5.97 Å². The molecule has 0 amide bonds. The number of hydrogen-bond donors (Lipinski definition) is 2. The number of anilines is 4. The minimum Gasteiger partial charge on any atom is -0.481 e. The predicted octanol–water partition coefficient (Wildman–Crippen LogP) is 2.67. The lowest BCUT2D eigenvalue weighted by Gasteiger charge is -2.31. The highest BCUT2D eigenvalue weighted by Gasteiger charge is 2.25. The van der Waals surface area contributed by atoms with Gasteiger partial charge in [-0.05, 0) is 31.9 Å². The minimum atomic E-state index is -0.703. The topological polar surface area (TPSA) is 90.8 Å². The number of carboxylic acids is 1. The first-order chi connectivity index (χ1) is 14.1. The summed E-state index contributed by atoms with van der Waals surface area (Å²) in [5, 5.41) is 12.6. The van der Waals surface area contributed by atoms with E-state index in [1.54, 1.807) is 0 Å². The predicted molar refractivity (Wildman–Crippen MR) is 112 cm³/mol. The second-order valence-electron chi connectivity index (χ2n) is 7.53. The fourth-order valence-corrected chi connectivity index (χ4v) is 3.91. The molecule has 0 spiro atoms. The lowest BCUT2D eigenvalue weighted by molar-refractivity contribution is -0.142. The molecule has 29 heavy (non-hydrogen) atoms. The van der Waals surface area contributed by atoms with E-state index in [9.17, 15) is 9.90 Å². The van der Waals surface area contributed by atoms with Crippen molar-refractivity contribution >= 4 is 29.1 Å². The second kappa shape index (κ2) is 8.65. The molecule has 1 aromatic carbocycles. The van der Waals surface area contributed by atoms with E-state index in [0.717, 1.165) is 49.2 Å². The first-order valence-electron chi connectivity index (χ1n) is 10.1. The van der Waals surface area contributed by atoms with E-state index in [1.165, 1.54) is 0 Å². The van der Waals surface area contributed by atoms with Gasteiger partial charge in [0.15, 0.2) is 0 Å². The van der Waals surface area contributed by atoms with Crippen LogP contribution < -0.4 is 15.1 Å². The Labute approximate surface area is 170 Å². The lowest BCUT2D eigenvalue weighted by atomic mass is 9.97. The molecule has 2 aromatic rings. The number of nitrogens with zero attached hydrogens (tertiary/aromatic N) is 4. The van der Waals surface area contributed by atoms with Crippen LogP contribution in [0.25, 0.3) is 0 Å². The van der Waals surface area contributed by atoms with Crippen LogP contribution in [0.1, 0.15) is 18.5 Å². The first-order valence-corrected chi connectivity index (χ1v) is 10.1. The van der Waals surface area contributed by atoms with Crippen LogP contribution in [0, 0.1) is 12.8 Å². The van der Waals surface area contributed by atoms with E-state index >= 15 is 0 Å². The highest BCUT2D eigenvalue weighted by Crippen LogP contribution is 2.29. The average molecular weight is 397 g/mol. The van der Waals surface area contributed by atoms with Gasteiger partial charge in [0, 0.05) is 37.9 Å². The van der Waals surface area contributed by atoms with Crippen molar-refractivity contribution in [1.82, 2.24) is 9.97 Å². The van der Waals surface area contributed by atoms with Crippen molar-refractivity contribution in [1.29, 1.82) is 0 Å². The van der Waals surface area contributed by atoms with Gasteiger partial charge in [0.05, 0.1) is 30.5 Å². The van der Waals surface area contributed by atoms with Crippen molar-refractivity contribution in [2.24, 2.45) is 5.92 Å². The molecule has 1 aromatic heterocycles. The van der Waals surface area contributed by atoms with Crippen molar-refractivity contribution < 1.29 is 14.6 Å². The largest absolute Gasteiger partial charge is 0.481 e. The van der Waals surface area contributed by atoms with Crippen LogP contribution in [0.3, 0.4) is 0 Å². The van der Waals surface area contributed by atoms with Gasteiger partial charge in [0.1, 0.15) is 5.82 Å². The number of hydrogen-bond acceptors (Lipinski definition) is 7. The third kappa shape index (κ3) is 4.59. The Hall–Kier alpha value is -2.87. The SMILES string of the molecule is Cc1cc(N2CCC(C(=O)O)CC2)nc(Nc2ccccc2N2CCOCC2)n1. The van der Waals surface area contributed by atoms with Gasteiger partial charge in [-0.2, -0.15) is 4.98 Å². The van der Waals surface area contributed by atoms with Gasteiger partial charge >= 0.3 is 5.97 Å². The second-order valence-corrected chi connectivity index (χ2v) is 7.53. The Morgan fingerprint density at radius 3 is 2.55 bits per heavy atom. The molecule has 2 aliphatic rings. The van der Waals surface area contributed by atoms with Gasteiger partial charge in [0.25, 0.3) is 0 Å². The maximum Gasteiger partial charge on any atom is 0.306 e. The van der Waals surface area contributed by atoms with Gasteiger partial charge in [-0.1, -0.05) is 12.1 Å². The molecule has 8 nitrogen and oxygen atoms in total. The Morgan fingerprint density at radius 1 is 1.10 bits per heavy atom. The van der Waals surface area contributed by atoms with Gasteiger partial charge in [-0.15, -0.1) is 0 Å². The molecule has 3 heterocycles. The summed E-state index contributed by atoms with van der Waals surface area (Å²) in [5.41, 5.74) is 2.96. The number of aryl methyl sites for hydroxylation is 1. The Balaban J connectivity index is 1.53. The van der Waals surface area contributed by atoms with Crippen molar-refractivity contribution in [2.45, 2.75) is 19.8 Å². The Bertz CT molecular complexity index is 861. The summed E-state index contributed by atoms with van der Waals surface area (Å²) >= 11 is 0. The third-order valence-corrected chi connectivity index (χ3v) is 5.51. The smallest absolute Gasteiger partial charge is 0.306 e. The van der Waals surface area contributed by atoms with E-state index in [-0.39, 0.29) is 5.92 Å². The quantitative estimate of drug-likeness (QED) is 0.796. The van der Waals surface area contributed by atoms with E-state index in [4.69, 9.17) is 9.72 Å². The number of morpholine rings is 1. The van der Waals surface area contributed by atoms with Crippen molar-refractivity contribution in [3.8, 4) is 0 Å². The molecule has 0 aliphatic carbocycles. The van der Waals surface area contributed by atoms with E-state index in [2.05, 4.69) is 26.2 Å². The highest BCUT2D eigenvalue weighted by atomic mass is 16.5. The maximum absolute atomic E-state index is 11.2. The van der Waals surface area contributed by atoms with Gasteiger partial charge in [0.2, 0.25) is 5.95 Å². The fraction of sp³-hybridized carbons (Fsp3) is 0.476. The van der Waals surface area contributed by atoms with Gasteiger partial charge < -0.3 is 25.0 Å². The van der Waals surface area contributed by atoms with Crippen LogP contribution in [0.15, 0.2) is 30.3 Å². The number of carboxylic acid groups (broad SMARTS) is 1. The number of ether oxygens (including phenoxy) is 1. The molecule has 4 rings (SSSR count).